The number of carboxylic acid groups (broad SMARTS) is 2. The van der Waals surface area contributed by atoms with Gasteiger partial charge in [-0.2, -0.15) is 43.8 Å². The van der Waals surface area contributed by atoms with E-state index in [2.05, 4.69) is 13.5 Å². The molecule has 0 aromatic heterocycles. The number of sulfonamides is 1. The van der Waals surface area contributed by atoms with Gasteiger partial charge in [-0.05, 0) is 39.0 Å². The third-order valence-corrected chi connectivity index (χ3v) is 10.6. The van der Waals surface area contributed by atoms with Crippen LogP contribution in [-0.4, -0.2) is 84.3 Å². The molecule has 0 atom stereocenters. The van der Waals surface area contributed by atoms with E-state index >= 15 is 0 Å². The summed E-state index contributed by atoms with van der Waals surface area (Å²) in [4.78, 5) is 31.9. The number of carbonyl (C=O) groups is 3. The molecule has 9 nitrogen and oxygen atoms in total. The largest absolute Gasteiger partial charge is 0.478 e. The van der Waals surface area contributed by atoms with Gasteiger partial charge in [-0.15, -0.1) is 0 Å². The lowest BCUT2D eigenvalue weighted by atomic mass is 9.94. The first-order chi connectivity index (χ1) is 27.3. The predicted molar refractivity (Wildman–Crippen MR) is 215 cm³/mol. The van der Waals surface area contributed by atoms with E-state index in [1.54, 1.807) is 19.9 Å². The summed E-state index contributed by atoms with van der Waals surface area (Å²) in [5.41, 5.74) is 0.484. The molecule has 0 heterocycles. The highest BCUT2D eigenvalue weighted by atomic mass is 32.2. The van der Waals surface area contributed by atoms with E-state index in [1.807, 2.05) is 20.8 Å². The lowest BCUT2D eigenvalue weighted by Gasteiger charge is -2.34. The SMILES string of the molecule is C=C(C)C(=O)OCCCCCCCCCCCCCCCCCC.CC(=CC(C)(C)C)C(=O)O.CC(=CCCN(C)S(=O)(=O)C(F)(F)C(F)(F)C(F)(F)C(F)(F)F)C(=O)O. The zero-order chi connectivity index (χ0) is 47.6. The molecule has 0 saturated heterocycles. The van der Waals surface area contributed by atoms with Crippen molar-refractivity contribution < 1.29 is 77.3 Å². The number of aliphatic carboxylic acids is 2. The first-order valence-corrected chi connectivity index (χ1v) is 21.5. The van der Waals surface area contributed by atoms with Crippen molar-refractivity contribution in [1.29, 1.82) is 0 Å². The highest BCUT2D eigenvalue weighted by molar-refractivity contribution is 7.90. The Morgan fingerprint density at radius 1 is 0.650 bits per heavy atom. The molecule has 0 aromatic rings. The van der Waals surface area contributed by atoms with Gasteiger partial charge in [0.05, 0.1) is 6.61 Å². The fraction of sp³-hybridized carbons (Fsp3) is 0.780. The predicted octanol–water partition coefficient (Wildman–Crippen LogP) is 12.5. The minimum Gasteiger partial charge on any atom is -0.478 e. The minimum absolute atomic E-state index is 0.0392. The summed E-state index contributed by atoms with van der Waals surface area (Å²) in [6, 6.07) is 0. The fourth-order valence-corrected chi connectivity index (χ4v) is 6.23. The summed E-state index contributed by atoms with van der Waals surface area (Å²) >= 11 is 0. The van der Waals surface area contributed by atoms with Crippen LogP contribution < -0.4 is 0 Å². The highest BCUT2D eigenvalue weighted by Gasteiger charge is 2.85. The van der Waals surface area contributed by atoms with Gasteiger partial charge in [-0.25, -0.2) is 22.8 Å². The van der Waals surface area contributed by atoms with Gasteiger partial charge in [0.25, 0.3) is 10.0 Å². The summed E-state index contributed by atoms with van der Waals surface area (Å²) in [6.07, 6.45) is 16.5. The molecule has 0 aromatic carbocycles. The van der Waals surface area contributed by atoms with Crippen LogP contribution in [-0.2, 0) is 29.1 Å². The first-order valence-electron chi connectivity index (χ1n) is 20.1. The Morgan fingerprint density at radius 3 is 1.32 bits per heavy atom. The lowest BCUT2D eigenvalue weighted by molar-refractivity contribution is -0.382. The van der Waals surface area contributed by atoms with Crippen molar-refractivity contribution in [2.24, 2.45) is 5.41 Å². The Kier molecular flexibility index (Phi) is 29.8. The van der Waals surface area contributed by atoms with Gasteiger partial charge in [0.1, 0.15) is 0 Å². The van der Waals surface area contributed by atoms with E-state index in [-0.39, 0.29) is 24.0 Å². The Labute approximate surface area is 350 Å². The molecule has 0 amide bonds. The number of allylic oxidation sites excluding steroid dienone is 1. The Hall–Kier alpha value is -3.09. The van der Waals surface area contributed by atoms with Gasteiger partial charge in [0.15, 0.2) is 0 Å². The summed E-state index contributed by atoms with van der Waals surface area (Å²) in [6.45, 7) is 15.5. The van der Waals surface area contributed by atoms with Crippen molar-refractivity contribution in [3.8, 4) is 0 Å². The summed E-state index contributed by atoms with van der Waals surface area (Å²) in [5.74, 6) is -17.2. The van der Waals surface area contributed by atoms with Crippen LogP contribution in [0.5, 0.6) is 0 Å². The monoisotopic (exact) mass is 905 g/mol. The van der Waals surface area contributed by atoms with Crippen LogP contribution in [0.4, 0.5) is 39.5 Å². The standard InChI is InChI=1S/C22H42O2.C11H12F9NO4S.C8H14O2/c1-4-5-6-7-8-9-10-11-12-13-14-15-16-17-18-19-20-24-22(23)21(2)3;1-6(7(22)23)4-3-5-21(2)26(24,25)11(19,20)9(14,15)8(12,13)10(16,17)18;1-6(7(9)10)5-8(2,3)4/h2,4-20H2,1,3H3;4H,3,5H2,1-2H3,(H,22,23);5H,1-4H3,(H,9,10). The summed E-state index contributed by atoms with van der Waals surface area (Å²) in [5, 5.41) is 10.2. The molecule has 60 heavy (non-hydrogen) atoms. The number of hydrogen-bond acceptors (Lipinski definition) is 6. The van der Waals surface area contributed by atoms with E-state index in [0.29, 0.717) is 17.8 Å². The molecule has 0 unspecified atom stereocenters. The van der Waals surface area contributed by atoms with E-state index in [0.717, 1.165) is 19.4 Å². The zero-order valence-corrected chi connectivity index (χ0v) is 37.2. The number of rotatable bonds is 27. The maximum Gasteiger partial charge on any atom is 0.460 e. The van der Waals surface area contributed by atoms with Crippen LogP contribution in [0, 0.1) is 5.41 Å². The average molecular weight is 906 g/mol. The summed E-state index contributed by atoms with van der Waals surface area (Å²) in [7, 11) is -6.43. The molecular formula is C41H68F9NO8S. The van der Waals surface area contributed by atoms with Crippen LogP contribution in [0.3, 0.4) is 0 Å². The van der Waals surface area contributed by atoms with Gasteiger partial charge >= 0.3 is 41.2 Å². The van der Waals surface area contributed by atoms with Crippen LogP contribution in [0.15, 0.2) is 35.5 Å². The molecule has 0 aliphatic carbocycles. The van der Waals surface area contributed by atoms with Gasteiger partial charge < -0.3 is 14.9 Å². The van der Waals surface area contributed by atoms with Crippen LogP contribution >= 0.6 is 0 Å². The van der Waals surface area contributed by atoms with Gasteiger partial charge in [-0.1, -0.05) is 143 Å². The number of ether oxygens (including phenoxy) is 1. The van der Waals surface area contributed by atoms with Crippen LogP contribution in [0.1, 0.15) is 158 Å². The average Bonchev–Trinajstić information content (AvgIpc) is 3.11. The molecule has 0 rings (SSSR count). The molecule has 0 aliphatic rings. The second kappa shape index (κ2) is 29.3. The number of carbonyl (C=O) groups excluding carboxylic acids is 1. The maximum absolute atomic E-state index is 13.5. The minimum atomic E-state index is -7.34. The number of alkyl halides is 9. The number of carboxylic acids is 2. The van der Waals surface area contributed by atoms with E-state index < -0.39 is 62.5 Å². The Morgan fingerprint density at radius 2 is 1.02 bits per heavy atom. The molecule has 19 heteroatoms. The van der Waals surface area contributed by atoms with Crippen molar-refractivity contribution in [2.75, 3.05) is 20.2 Å². The highest BCUT2D eigenvalue weighted by Crippen LogP contribution is 2.55. The zero-order valence-electron chi connectivity index (χ0n) is 36.4. The van der Waals surface area contributed by atoms with E-state index in [9.17, 15) is 62.3 Å². The molecule has 0 radical (unpaired) electrons. The van der Waals surface area contributed by atoms with Gasteiger partial charge in [0.2, 0.25) is 0 Å². The Balaban J connectivity index is -0.000000886. The second-order valence-corrected chi connectivity index (χ2v) is 17.8. The number of hydrogen-bond donors (Lipinski definition) is 2. The molecule has 0 fully saturated rings. The van der Waals surface area contributed by atoms with Gasteiger partial charge in [0, 0.05) is 30.3 Å². The number of halogens is 9. The second-order valence-electron chi connectivity index (χ2n) is 15.7. The summed E-state index contributed by atoms with van der Waals surface area (Å²) < 4.78 is 142. The number of nitrogens with zero attached hydrogens (tertiary/aromatic N) is 1. The van der Waals surface area contributed by atoms with Crippen molar-refractivity contribution in [1.82, 2.24) is 4.31 Å². The Bertz CT molecular complexity index is 1460. The third kappa shape index (κ3) is 24.4. The maximum atomic E-state index is 13.5. The van der Waals surface area contributed by atoms with Crippen molar-refractivity contribution in [3.05, 3.63) is 35.5 Å². The molecule has 0 spiro atoms. The quantitative estimate of drug-likeness (QED) is 0.0360. The fourth-order valence-electron chi connectivity index (χ4n) is 5.04. The first kappa shape index (κ1) is 61.2. The molecule has 2 N–H and O–H groups in total. The lowest BCUT2D eigenvalue weighted by Crippen LogP contribution is -2.65. The van der Waals surface area contributed by atoms with Gasteiger partial charge in [-0.3, -0.25) is 0 Å². The molecular weight excluding hydrogens is 837 g/mol. The molecule has 0 bridgehead atoms. The van der Waals surface area contributed by atoms with E-state index in [1.165, 1.54) is 96.3 Å². The third-order valence-electron chi connectivity index (χ3n) is 8.65. The van der Waals surface area contributed by atoms with Crippen LogP contribution in [0.25, 0.3) is 0 Å². The normalized spacial score (nSPS) is 13.2. The molecule has 0 aliphatic heterocycles. The molecule has 0 saturated carbocycles. The van der Waals surface area contributed by atoms with Crippen molar-refractivity contribution in [3.63, 3.8) is 0 Å². The number of unbranched alkanes of at least 4 members (excludes halogenated alkanes) is 15. The van der Waals surface area contributed by atoms with Crippen LogP contribution in [0.2, 0.25) is 0 Å². The number of esters is 1. The smallest absolute Gasteiger partial charge is 0.460 e. The van der Waals surface area contributed by atoms with E-state index in [4.69, 9.17) is 14.9 Å². The molecule has 354 valence electrons. The topological polar surface area (TPSA) is 138 Å². The van der Waals surface area contributed by atoms with Crippen molar-refractivity contribution >= 4 is 27.9 Å². The van der Waals surface area contributed by atoms with Crippen molar-refractivity contribution in [2.45, 2.75) is 181 Å².